The van der Waals surface area contributed by atoms with Crippen LogP contribution in [0.5, 0.6) is 5.75 Å². The van der Waals surface area contributed by atoms with Gasteiger partial charge >= 0.3 is 0 Å². The fraction of sp³-hybridized carbons (Fsp3) is 0.478. The number of ether oxygens (including phenoxy) is 3. The zero-order chi connectivity index (χ0) is 25.2. The molecular weight excluding hydrogens is 490 g/mol. The van der Waals surface area contributed by atoms with Crippen LogP contribution in [0.1, 0.15) is 18.2 Å². The molecule has 192 valence electrons. The third-order valence-corrected chi connectivity index (χ3v) is 6.66. The van der Waals surface area contributed by atoms with E-state index in [9.17, 15) is 9.90 Å². The highest BCUT2D eigenvalue weighted by Crippen LogP contribution is 2.32. The summed E-state index contributed by atoms with van der Waals surface area (Å²) in [4.78, 5) is 25.2. The number of aliphatic hydroxyl groups excluding tert-OH is 1. The van der Waals surface area contributed by atoms with Gasteiger partial charge in [0.05, 0.1) is 25.6 Å². The first-order chi connectivity index (χ1) is 17.5. The lowest BCUT2D eigenvalue weighted by Crippen LogP contribution is -2.46. The number of anilines is 1. The van der Waals surface area contributed by atoms with Crippen molar-refractivity contribution in [1.29, 1.82) is 0 Å². The largest absolute Gasteiger partial charge is 0.493 e. The van der Waals surface area contributed by atoms with Crippen molar-refractivity contribution in [2.24, 2.45) is 11.7 Å². The molecule has 5 rings (SSSR count). The minimum absolute atomic E-state index is 0.371. The first-order valence-electron chi connectivity index (χ1n) is 11.7. The number of likely N-dealkylation sites (N-methyl/N-ethyl adjacent to an activating group) is 1. The van der Waals surface area contributed by atoms with Crippen LogP contribution in [0.25, 0.3) is 11.2 Å². The maximum Gasteiger partial charge on any atom is 0.250 e. The summed E-state index contributed by atoms with van der Waals surface area (Å²) in [6, 6.07) is 4.59. The zero-order valence-electron chi connectivity index (χ0n) is 19.6. The predicted octanol–water partition coefficient (Wildman–Crippen LogP) is 0.839. The van der Waals surface area contributed by atoms with E-state index in [1.54, 1.807) is 10.6 Å². The number of halogens is 1. The van der Waals surface area contributed by atoms with E-state index in [0.29, 0.717) is 47.7 Å². The summed E-state index contributed by atoms with van der Waals surface area (Å²) in [5, 5.41) is 17.0. The molecule has 1 aromatic carbocycles. The van der Waals surface area contributed by atoms with Gasteiger partial charge in [-0.15, -0.1) is 0 Å². The van der Waals surface area contributed by atoms with Crippen molar-refractivity contribution in [3.63, 3.8) is 0 Å². The Morgan fingerprint density at radius 3 is 3.00 bits per heavy atom. The van der Waals surface area contributed by atoms with Crippen molar-refractivity contribution in [1.82, 2.24) is 24.8 Å². The number of nitrogens with one attached hydrogen (secondary N) is 2. The smallest absolute Gasteiger partial charge is 0.250 e. The monoisotopic (exact) mass is 517 g/mol. The first-order valence-corrected chi connectivity index (χ1v) is 12.0. The maximum atomic E-state index is 12.1. The lowest BCUT2D eigenvalue weighted by molar-refractivity contribution is -0.134. The Balaban J connectivity index is 1.34. The highest BCUT2D eigenvalue weighted by molar-refractivity contribution is 6.30. The SMILES string of the molecule is CNC(=O)[C@H]1O[C@@H](n2cnc3c(NCc4cc(Cl)ccc4OCC4CCOC4)ncnc32)[C@H](O)[C@@H]1N. The molecule has 0 saturated carbocycles. The van der Waals surface area contributed by atoms with Gasteiger partial charge in [-0.2, -0.15) is 0 Å². The maximum absolute atomic E-state index is 12.1. The van der Waals surface area contributed by atoms with E-state index in [1.165, 1.54) is 19.7 Å². The van der Waals surface area contributed by atoms with Crippen LogP contribution >= 0.6 is 11.6 Å². The molecule has 1 unspecified atom stereocenters. The number of aromatic nitrogens is 4. The second kappa shape index (κ2) is 10.5. The third-order valence-electron chi connectivity index (χ3n) is 6.43. The fourth-order valence-electron chi connectivity index (χ4n) is 4.40. The van der Waals surface area contributed by atoms with Gasteiger partial charge in [-0.1, -0.05) is 11.6 Å². The summed E-state index contributed by atoms with van der Waals surface area (Å²) in [5.74, 6) is 1.17. The van der Waals surface area contributed by atoms with Gasteiger partial charge in [-0.25, -0.2) is 15.0 Å². The van der Waals surface area contributed by atoms with Gasteiger partial charge < -0.3 is 35.7 Å². The third kappa shape index (κ3) is 4.82. The molecule has 0 radical (unpaired) electrons. The molecule has 5 N–H and O–H groups in total. The quantitative estimate of drug-likeness (QED) is 0.337. The average Bonchev–Trinajstić information content (AvgIpc) is 3.62. The minimum Gasteiger partial charge on any atom is -0.493 e. The number of nitrogens with two attached hydrogens (primary N) is 1. The van der Waals surface area contributed by atoms with Gasteiger partial charge in [-0.05, 0) is 24.6 Å². The molecule has 2 fully saturated rings. The summed E-state index contributed by atoms with van der Waals surface area (Å²) < 4.78 is 18.8. The molecule has 36 heavy (non-hydrogen) atoms. The Morgan fingerprint density at radius 2 is 2.22 bits per heavy atom. The second-order valence-electron chi connectivity index (χ2n) is 8.82. The Morgan fingerprint density at radius 1 is 1.36 bits per heavy atom. The molecular formula is C23H28ClN7O5. The van der Waals surface area contributed by atoms with Crippen molar-refractivity contribution >= 4 is 34.5 Å². The van der Waals surface area contributed by atoms with Crippen molar-refractivity contribution in [2.75, 3.05) is 32.2 Å². The van der Waals surface area contributed by atoms with E-state index in [4.69, 9.17) is 31.5 Å². The molecule has 0 aliphatic carbocycles. The van der Waals surface area contributed by atoms with E-state index in [1.807, 2.05) is 12.1 Å². The number of fused-ring (bicyclic) bond motifs is 1. The lowest BCUT2D eigenvalue weighted by atomic mass is 10.1. The van der Waals surface area contributed by atoms with Crippen molar-refractivity contribution in [3.8, 4) is 5.75 Å². The van der Waals surface area contributed by atoms with Gasteiger partial charge in [-0.3, -0.25) is 9.36 Å². The van der Waals surface area contributed by atoms with Crippen LogP contribution < -0.4 is 21.1 Å². The van der Waals surface area contributed by atoms with Gasteiger partial charge in [0.2, 0.25) is 0 Å². The molecule has 2 aliphatic rings. The number of imidazole rings is 1. The molecule has 0 bridgehead atoms. The number of carbonyl (C=O) groups is 1. The van der Waals surface area contributed by atoms with E-state index in [-0.39, 0.29) is 0 Å². The van der Waals surface area contributed by atoms with Crippen LogP contribution in [0, 0.1) is 5.92 Å². The van der Waals surface area contributed by atoms with Gasteiger partial charge in [0.1, 0.15) is 18.2 Å². The molecule has 2 aliphatic heterocycles. The van der Waals surface area contributed by atoms with Crippen LogP contribution in [0.4, 0.5) is 5.82 Å². The fourth-order valence-corrected chi connectivity index (χ4v) is 4.59. The van der Waals surface area contributed by atoms with Crippen molar-refractivity contribution < 1.29 is 24.1 Å². The summed E-state index contributed by atoms with van der Waals surface area (Å²) in [7, 11) is 1.48. The highest BCUT2D eigenvalue weighted by atomic mass is 35.5. The van der Waals surface area contributed by atoms with Crippen LogP contribution in [0.15, 0.2) is 30.9 Å². The summed E-state index contributed by atoms with van der Waals surface area (Å²) in [5.41, 5.74) is 7.78. The van der Waals surface area contributed by atoms with Crippen molar-refractivity contribution in [2.45, 2.75) is 37.4 Å². The lowest BCUT2D eigenvalue weighted by Gasteiger charge is -2.17. The van der Waals surface area contributed by atoms with E-state index < -0.39 is 30.4 Å². The van der Waals surface area contributed by atoms with Gasteiger partial charge in [0.25, 0.3) is 5.91 Å². The topological polar surface area (TPSA) is 159 Å². The summed E-state index contributed by atoms with van der Waals surface area (Å²) in [6.07, 6.45) is 0.792. The zero-order valence-corrected chi connectivity index (χ0v) is 20.4. The number of benzene rings is 1. The number of hydrogen-bond donors (Lipinski definition) is 4. The van der Waals surface area contributed by atoms with Crippen LogP contribution in [0.3, 0.4) is 0 Å². The highest BCUT2D eigenvalue weighted by Gasteiger charge is 2.46. The number of rotatable bonds is 8. The number of amides is 1. The number of nitrogens with zero attached hydrogens (tertiary/aromatic N) is 4. The normalized spacial score (nSPS) is 25.8. The summed E-state index contributed by atoms with van der Waals surface area (Å²) >= 11 is 6.25. The molecule has 3 aromatic rings. The first kappa shape index (κ1) is 24.7. The summed E-state index contributed by atoms with van der Waals surface area (Å²) in [6.45, 7) is 2.42. The molecule has 4 heterocycles. The Hall–Kier alpha value is -3.03. The Kier molecular flexibility index (Phi) is 7.21. The van der Waals surface area contributed by atoms with Crippen LogP contribution in [0.2, 0.25) is 5.02 Å². The van der Waals surface area contributed by atoms with Gasteiger partial charge in [0.15, 0.2) is 29.3 Å². The molecule has 2 saturated heterocycles. The molecule has 12 nitrogen and oxygen atoms in total. The predicted molar refractivity (Wildman–Crippen MR) is 130 cm³/mol. The number of carbonyl (C=O) groups excluding carboxylic acids is 1. The second-order valence-corrected chi connectivity index (χ2v) is 9.26. The standard InChI is InChI=1S/C23H28ClN7O5/c1-26-22(33)19-16(25)18(32)23(36-19)31-11-30-17-20(28-10-29-21(17)31)27-7-13-6-14(24)2-3-15(13)35-9-12-4-5-34-8-12/h2-3,6,10-12,16,18-19,23,32H,4-5,7-9,25H2,1H3,(H,26,33)(H,27,28,29)/t12?,16-,18+,19-,23+/m0/s1. The molecule has 5 atom stereocenters. The molecule has 0 spiro atoms. The number of aliphatic hydroxyl groups is 1. The number of hydrogen-bond acceptors (Lipinski definition) is 10. The van der Waals surface area contributed by atoms with E-state index >= 15 is 0 Å². The molecule has 13 heteroatoms. The van der Waals surface area contributed by atoms with Crippen LogP contribution in [-0.2, 0) is 20.8 Å². The molecule has 2 aromatic heterocycles. The Labute approximate surface area is 212 Å². The van der Waals surface area contributed by atoms with E-state index in [2.05, 4.69) is 25.6 Å². The average molecular weight is 518 g/mol. The van der Waals surface area contributed by atoms with Crippen molar-refractivity contribution in [3.05, 3.63) is 41.4 Å². The van der Waals surface area contributed by atoms with Crippen LogP contribution in [-0.4, -0.2) is 75.7 Å². The minimum atomic E-state index is -1.13. The van der Waals surface area contributed by atoms with E-state index in [0.717, 1.165) is 24.3 Å². The molecule has 1 amide bonds. The van der Waals surface area contributed by atoms with Gasteiger partial charge in [0, 0.05) is 36.7 Å². The Bertz CT molecular complexity index is 1230.